The number of fused-ring (bicyclic) bond motifs is 1. The third-order valence-electron chi connectivity index (χ3n) is 4.88. The first-order valence-corrected chi connectivity index (χ1v) is 11.1. The molecule has 4 rings (SSSR count). The molecule has 0 N–H and O–H groups in total. The number of hydrogen-bond acceptors (Lipinski definition) is 5. The Morgan fingerprint density at radius 1 is 1.17 bits per heavy atom. The van der Waals surface area contributed by atoms with E-state index in [0.29, 0.717) is 29.4 Å². The molecule has 3 aromatic rings. The van der Waals surface area contributed by atoms with Crippen molar-refractivity contribution in [2.75, 3.05) is 13.7 Å². The third-order valence-corrected chi connectivity index (χ3v) is 6.91. The molecule has 0 radical (unpaired) electrons. The number of hydrogen-bond donors (Lipinski definition) is 0. The maximum Gasteiger partial charge on any atom is 0.218 e. The Labute approximate surface area is 175 Å². The Hall–Kier alpha value is -2.48. The van der Waals surface area contributed by atoms with Gasteiger partial charge in [0.1, 0.15) is 5.75 Å². The topological polar surface area (TPSA) is 72.4 Å². The van der Waals surface area contributed by atoms with Gasteiger partial charge in [0, 0.05) is 41.9 Å². The highest BCUT2D eigenvalue weighted by Crippen LogP contribution is 2.25. The highest BCUT2D eigenvalue weighted by atomic mass is 35.5. The van der Waals surface area contributed by atoms with E-state index in [-0.39, 0.29) is 12.3 Å². The monoisotopic (exact) mass is 429 g/mol. The number of ether oxygens (including phenoxy) is 1. The lowest BCUT2D eigenvalue weighted by Gasteiger charge is -2.27. The molecule has 2 aromatic carbocycles. The van der Waals surface area contributed by atoms with E-state index in [1.807, 2.05) is 24.3 Å². The maximum absolute atomic E-state index is 12.9. The van der Waals surface area contributed by atoms with Crippen molar-refractivity contribution in [1.29, 1.82) is 0 Å². The Balaban J connectivity index is 1.52. The van der Waals surface area contributed by atoms with Crippen LogP contribution in [0.4, 0.5) is 0 Å². The number of nitrogens with zero attached hydrogens (tertiary/aromatic N) is 3. The largest absolute Gasteiger partial charge is 0.497 e. The quantitative estimate of drug-likeness (QED) is 0.618. The van der Waals surface area contributed by atoms with Crippen LogP contribution in [-0.4, -0.2) is 36.3 Å². The van der Waals surface area contributed by atoms with Crippen LogP contribution in [0.5, 0.6) is 5.75 Å². The van der Waals surface area contributed by atoms with Gasteiger partial charge in [-0.1, -0.05) is 23.7 Å². The number of rotatable bonds is 5. The number of aromatic nitrogens is 2. The van der Waals surface area contributed by atoms with Gasteiger partial charge in [-0.05, 0) is 42.0 Å². The lowest BCUT2D eigenvalue weighted by atomic mass is 10.1. The summed E-state index contributed by atoms with van der Waals surface area (Å²) < 4.78 is 32.4. The van der Waals surface area contributed by atoms with Crippen LogP contribution in [0, 0.1) is 0 Å². The van der Waals surface area contributed by atoms with Crippen molar-refractivity contribution in [2.24, 2.45) is 0 Å². The number of methoxy groups -OCH3 is 1. The molecule has 1 aromatic heterocycles. The zero-order chi connectivity index (χ0) is 20.4. The van der Waals surface area contributed by atoms with E-state index in [4.69, 9.17) is 16.3 Å². The van der Waals surface area contributed by atoms with Crippen molar-refractivity contribution in [3.05, 3.63) is 76.6 Å². The van der Waals surface area contributed by atoms with E-state index < -0.39 is 10.0 Å². The van der Waals surface area contributed by atoms with Crippen molar-refractivity contribution in [3.63, 3.8) is 0 Å². The predicted octanol–water partition coefficient (Wildman–Crippen LogP) is 3.69. The Morgan fingerprint density at radius 2 is 1.97 bits per heavy atom. The molecular weight excluding hydrogens is 410 g/mol. The third kappa shape index (κ3) is 4.42. The first-order chi connectivity index (χ1) is 13.9. The van der Waals surface area contributed by atoms with Gasteiger partial charge in [0.2, 0.25) is 10.0 Å². The van der Waals surface area contributed by atoms with E-state index in [2.05, 4.69) is 9.97 Å². The fourth-order valence-corrected chi connectivity index (χ4v) is 5.04. The van der Waals surface area contributed by atoms with Gasteiger partial charge in [-0.2, -0.15) is 4.31 Å². The second-order valence-corrected chi connectivity index (χ2v) is 9.27. The van der Waals surface area contributed by atoms with E-state index in [1.165, 1.54) is 4.31 Å². The molecule has 0 unspecified atom stereocenters. The van der Waals surface area contributed by atoms with Crippen LogP contribution in [0.2, 0.25) is 5.02 Å². The molecule has 0 bridgehead atoms. The molecule has 1 aliphatic rings. The zero-order valence-corrected chi connectivity index (χ0v) is 17.4. The lowest BCUT2D eigenvalue weighted by Crippen LogP contribution is -2.37. The molecule has 0 fully saturated rings. The Kier molecular flexibility index (Phi) is 5.54. The van der Waals surface area contributed by atoms with E-state index in [9.17, 15) is 8.42 Å². The molecule has 150 valence electrons. The lowest BCUT2D eigenvalue weighted by molar-refractivity contribution is 0.386. The Bertz CT molecular complexity index is 1130. The fraction of sp³-hybridized carbons (Fsp3) is 0.238. The minimum Gasteiger partial charge on any atom is -0.497 e. The summed E-state index contributed by atoms with van der Waals surface area (Å²) >= 11 is 5.98. The molecule has 0 aliphatic carbocycles. The molecule has 0 amide bonds. The molecule has 29 heavy (non-hydrogen) atoms. The molecule has 0 saturated heterocycles. The summed E-state index contributed by atoms with van der Waals surface area (Å²) in [6, 6.07) is 14.5. The standard InChI is InChI=1S/C21H20ClN3O3S/c1-28-19-7-5-16(6-8-19)21-23-12-17-13-25(10-9-20(17)24-21)29(26,27)14-15-3-2-4-18(22)11-15/h2-8,11-12H,9-10,13-14H2,1H3. The van der Waals surface area contributed by atoms with Crippen LogP contribution >= 0.6 is 11.6 Å². The van der Waals surface area contributed by atoms with Gasteiger partial charge in [0.15, 0.2) is 5.82 Å². The average molecular weight is 430 g/mol. The van der Waals surface area contributed by atoms with Gasteiger partial charge in [0.05, 0.1) is 18.6 Å². The van der Waals surface area contributed by atoms with Crippen molar-refractivity contribution in [2.45, 2.75) is 18.7 Å². The van der Waals surface area contributed by atoms with Gasteiger partial charge < -0.3 is 4.74 Å². The summed E-state index contributed by atoms with van der Waals surface area (Å²) in [5, 5.41) is 0.529. The van der Waals surface area contributed by atoms with Crippen molar-refractivity contribution >= 4 is 21.6 Å². The van der Waals surface area contributed by atoms with Crippen LogP contribution in [0.15, 0.2) is 54.7 Å². The number of benzene rings is 2. The molecule has 2 heterocycles. The van der Waals surface area contributed by atoms with Crippen LogP contribution < -0.4 is 4.74 Å². The first kappa shape index (κ1) is 19.8. The zero-order valence-electron chi connectivity index (χ0n) is 15.9. The van der Waals surface area contributed by atoms with E-state index in [0.717, 1.165) is 22.6 Å². The van der Waals surface area contributed by atoms with Crippen molar-refractivity contribution < 1.29 is 13.2 Å². The van der Waals surface area contributed by atoms with Crippen molar-refractivity contribution in [3.8, 4) is 17.1 Å². The molecular formula is C21H20ClN3O3S. The van der Waals surface area contributed by atoms with Gasteiger partial charge in [-0.15, -0.1) is 0 Å². The predicted molar refractivity (Wildman–Crippen MR) is 112 cm³/mol. The van der Waals surface area contributed by atoms with Gasteiger partial charge >= 0.3 is 0 Å². The van der Waals surface area contributed by atoms with Crippen LogP contribution in [0.3, 0.4) is 0 Å². The second-order valence-electron chi connectivity index (χ2n) is 6.86. The van der Waals surface area contributed by atoms with Crippen LogP contribution in [-0.2, 0) is 28.7 Å². The molecule has 0 saturated carbocycles. The molecule has 6 nitrogen and oxygen atoms in total. The number of sulfonamides is 1. The normalized spacial score (nSPS) is 14.4. The van der Waals surface area contributed by atoms with Crippen LogP contribution in [0.25, 0.3) is 11.4 Å². The maximum atomic E-state index is 12.9. The van der Waals surface area contributed by atoms with Gasteiger partial charge in [-0.25, -0.2) is 18.4 Å². The summed E-state index contributed by atoms with van der Waals surface area (Å²) in [6.45, 7) is 0.677. The minimum atomic E-state index is -3.46. The summed E-state index contributed by atoms with van der Waals surface area (Å²) in [5.74, 6) is 1.32. The first-order valence-electron chi connectivity index (χ1n) is 9.16. The molecule has 0 atom stereocenters. The van der Waals surface area contributed by atoms with Crippen molar-refractivity contribution in [1.82, 2.24) is 14.3 Å². The highest BCUT2D eigenvalue weighted by molar-refractivity contribution is 7.88. The molecule has 1 aliphatic heterocycles. The van der Waals surface area contributed by atoms with Gasteiger partial charge in [0.25, 0.3) is 0 Å². The summed E-state index contributed by atoms with van der Waals surface area (Å²) in [4.78, 5) is 9.10. The molecule has 8 heteroatoms. The summed E-state index contributed by atoms with van der Waals surface area (Å²) in [6.07, 6.45) is 2.28. The summed E-state index contributed by atoms with van der Waals surface area (Å²) in [5.41, 5.74) is 3.29. The molecule has 0 spiro atoms. The summed E-state index contributed by atoms with van der Waals surface area (Å²) in [7, 11) is -1.84. The van der Waals surface area contributed by atoms with E-state index >= 15 is 0 Å². The minimum absolute atomic E-state index is 0.0757. The fourth-order valence-electron chi connectivity index (χ4n) is 3.34. The highest BCUT2D eigenvalue weighted by Gasteiger charge is 2.28. The van der Waals surface area contributed by atoms with E-state index in [1.54, 1.807) is 37.6 Å². The number of halogens is 1. The Morgan fingerprint density at radius 3 is 2.69 bits per heavy atom. The second kappa shape index (κ2) is 8.10. The van der Waals surface area contributed by atoms with Gasteiger partial charge in [-0.3, -0.25) is 0 Å². The average Bonchev–Trinajstić information content (AvgIpc) is 2.73. The van der Waals surface area contributed by atoms with Crippen LogP contribution in [0.1, 0.15) is 16.8 Å². The smallest absolute Gasteiger partial charge is 0.218 e. The SMILES string of the molecule is COc1ccc(-c2ncc3c(n2)CCN(S(=O)(=O)Cc2cccc(Cl)c2)C3)cc1.